The van der Waals surface area contributed by atoms with Gasteiger partial charge in [0.15, 0.2) is 0 Å². The molecular weight excluding hydrogens is 272 g/mol. The van der Waals surface area contributed by atoms with Gasteiger partial charge in [0.05, 0.1) is 13.2 Å². The predicted octanol–water partition coefficient (Wildman–Crippen LogP) is 2.27. The molecule has 94 valence electrons. The number of hydrogen-bond acceptors (Lipinski definition) is 1. The molecule has 4 nitrogen and oxygen atoms in total. The van der Waals surface area contributed by atoms with Crippen LogP contribution in [-0.4, -0.2) is 6.61 Å². The zero-order valence-electron chi connectivity index (χ0n) is 9.63. The van der Waals surface area contributed by atoms with Crippen LogP contribution in [0.3, 0.4) is 0 Å². The van der Waals surface area contributed by atoms with Crippen LogP contribution in [0.1, 0.15) is 5.56 Å². The summed E-state index contributed by atoms with van der Waals surface area (Å²) in [5, 5.41) is 0. The first kappa shape index (κ1) is 25.5. The largest absolute Gasteiger partial charge is 0 e. The molecule has 0 aromatic heterocycles. The molecule has 0 aliphatic heterocycles. The number of benzene rings is 1. The van der Waals surface area contributed by atoms with Gasteiger partial charge in [0.1, 0.15) is 0 Å². The summed E-state index contributed by atoms with van der Waals surface area (Å²) in [6, 6.07) is 10.1. The Bertz CT molecular complexity index is 302. The second-order valence-corrected chi connectivity index (χ2v) is 2.29. The van der Waals surface area contributed by atoms with Crippen molar-refractivity contribution in [2.24, 2.45) is 0 Å². The molecule has 0 aliphatic carbocycles. The van der Waals surface area contributed by atoms with Crippen molar-refractivity contribution >= 4 is 0 Å². The molecule has 0 heterocycles. The number of hydrogen-bond donors (Lipinski definition) is 0. The van der Waals surface area contributed by atoms with Gasteiger partial charge in [-0.2, -0.15) is 0 Å². The Kier molecular flexibility index (Phi) is 42.0. The Hall–Kier alpha value is -1.33. The van der Waals surface area contributed by atoms with Gasteiger partial charge in [-0.05, 0) is 5.56 Å². The smallest absolute Gasteiger partial charge is 0 e. The summed E-state index contributed by atoms with van der Waals surface area (Å²) in [6.07, 6.45) is 1.75. The molecule has 5 heteroatoms. The maximum atomic E-state index is 7.50. The van der Waals surface area contributed by atoms with Crippen molar-refractivity contribution in [1.29, 1.82) is 0 Å². The fraction of sp³-hybridized carbons (Fsp3) is 0.154. The molecule has 0 unspecified atom stereocenters. The zero-order valence-corrected chi connectivity index (χ0v) is 10.9. The van der Waals surface area contributed by atoms with E-state index >= 15 is 0 Å². The van der Waals surface area contributed by atoms with Crippen molar-refractivity contribution in [1.82, 2.24) is 0 Å². The molecule has 0 spiro atoms. The van der Waals surface area contributed by atoms with Crippen LogP contribution in [0.2, 0.25) is 0 Å². The van der Waals surface area contributed by atoms with E-state index in [0.717, 1.165) is 0 Å². The molecule has 0 atom stereocenters. The fourth-order valence-electron chi connectivity index (χ4n) is 0.834. The van der Waals surface area contributed by atoms with Gasteiger partial charge in [-0.1, -0.05) is 36.4 Å². The van der Waals surface area contributed by atoms with Crippen LogP contribution in [0.15, 0.2) is 43.0 Å². The standard InChI is InChI=1S/C10H12O.3CO.Cr/c1-2-8-11-9-10-6-4-3-5-7-10;3*1-2;/h2-7H,1,8-9H2;;;;. The molecule has 0 saturated carbocycles. The van der Waals surface area contributed by atoms with E-state index < -0.39 is 0 Å². The minimum absolute atomic E-state index is 0. The van der Waals surface area contributed by atoms with E-state index in [2.05, 4.69) is 26.5 Å². The quantitative estimate of drug-likeness (QED) is 0.362. The topological polar surface area (TPSA) is 68.9 Å². The summed E-state index contributed by atoms with van der Waals surface area (Å²) in [7, 11) is 0. The first-order chi connectivity index (χ1) is 8.43. The van der Waals surface area contributed by atoms with Crippen molar-refractivity contribution in [3.05, 3.63) is 68.5 Å². The van der Waals surface area contributed by atoms with Crippen molar-refractivity contribution in [2.45, 2.75) is 6.61 Å². The fourth-order valence-corrected chi connectivity index (χ4v) is 0.834. The molecule has 0 bridgehead atoms. The van der Waals surface area contributed by atoms with Crippen molar-refractivity contribution < 1.29 is 36.1 Å². The van der Waals surface area contributed by atoms with E-state index in [0.29, 0.717) is 13.2 Å². The molecular formula is C13H12CrO4. The third-order valence-corrected chi connectivity index (χ3v) is 1.35. The molecule has 1 aromatic rings. The van der Waals surface area contributed by atoms with Crippen LogP contribution in [0.5, 0.6) is 0 Å². The summed E-state index contributed by atoms with van der Waals surface area (Å²) < 4.78 is 27.8. The summed E-state index contributed by atoms with van der Waals surface area (Å²) in [5.41, 5.74) is 1.20. The molecule has 18 heavy (non-hydrogen) atoms. The molecule has 1 rings (SSSR count). The number of ether oxygens (including phenoxy) is 1. The van der Waals surface area contributed by atoms with E-state index in [9.17, 15) is 0 Å². The summed E-state index contributed by atoms with van der Waals surface area (Å²) in [4.78, 5) is 0. The monoisotopic (exact) mass is 284 g/mol. The molecule has 0 N–H and O–H groups in total. The minimum atomic E-state index is 0. The van der Waals surface area contributed by atoms with Gasteiger partial charge in [0.25, 0.3) is 0 Å². The molecule has 0 radical (unpaired) electrons. The molecule has 0 fully saturated rings. The van der Waals surface area contributed by atoms with E-state index in [1.165, 1.54) is 5.56 Å². The molecule has 1 aromatic carbocycles. The average molecular weight is 284 g/mol. The second kappa shape index (κ2) is 29.6. The van der Waals surface area contributed by atoms with Gasteiger partial charge < -0.3 is 4.74 Å². The van der Waals surface area contributed by atoms with Crippen molar-refractivity contribution in [3.8, 4) is 0 Å². The summed E-state index contributed by atoms with van der Waals surface area (Å²) in [5.74, 6) is 0. The van der Waals surface area contributed by atoms with E-state index in [-0.39, 0.29) is 17.4 Å². The summed E-state index contributed by atoms with van der Waals surface area (Å²) in [6.45, 7) is 18.4. The minimum Gasteiger partial charge on any atom is 0 e. The molecule has 0 amide bonds. The van der Waals surface area contributed by atoms with Gasteiger partial charge in [-0.25, -0.2) is 0 Å². The SMILES string of the molecule is C=CCOCc1ccccc1.[C-]#[O+].[C-]#[O+].[C-]#[O+].[Cr]. The maximum absolute atomic E-state index is 7.50. The third kappa shape index (κ3) is 20.1. The predicted molar refractivity (Wildman–Crippen MR) is 58.1 cm³/mol. The Morgan fingerprint density at radius 1 is 1.00 bits per heavy atom. The van der Waals surface area contributed by atoms with Crippen LogP contribution in [0.25, 0.3) is 0 Å². The van der Waals surface area contributed by atoms with Gasteiger partial charge in [-0.15, -0.1) is 6.58 Å². The van der Waals surface area contributed by atoms with E-state index in [1.54, 1.807) is 6.08 Å². The van der Waals surface area contributed by atoms with Crippen LogP contribution in [-0.2, 0) is 42.7 Å². The number of rotatable bonds is 4. The molecule has 0 saturated heterocycles. The third-order valence-electron chi connectivity index (χ3n) is 1.35. The Labute approximate surface area is 118 Å². The van der Waals surface area contributed by atoms with Crippen LogP contribution < -0.4 is 0 Å². The molecule has 0 aliphatic rings. The summed E-state index contributed by atoms with van der Waals surface area (Å²) >= 11 is 0. The second-order valence-electron chi connectivity index (χ2n) is 2.29. The van der Waals surface area contributed by atoms with Crippen molar-refractivity contribution in [2.75, 3.05) is 6.61 Å². The maximum Gasteiger partial charge on any atom is 0 e. The normalized spacial score (nSPS) is 6.11. The van der Waals surface area contributed by atoms with Gasteiger partial charge >= 0.3 is 33.9 Å². The van der Waals surface area contributed by atoms with E-state index in [4.69, 9.17) is 18.7 Å². The Morgan fingerprint density at radius 2 is 1.44 bits per heavy atom. The first-order valence-electron chi connectivity index (χ1n) is 4.27. The van der Waals surface area contributed by atoms with Gasteiger partial charge in [-0.3, -0.25) is 0 Å². The Morgan fingerprint density at radius 3 is 1.83 bits per heavy atom. The first-order valence-corrected chi connectivity index (χ1v) is 4.27. The van der Waals surface area contributed by atoms with Crippen molar-refractivity contribution in [3.63, 3.8) is 0 Å². The van der Waals surface area contributed by atoms with Crippen LogP contribution >= 0.6 is 0 Å². The van der Waals surface area contributed by atoms with E-state index in [1.807, 2.05) is 30.3 Å². The van der Waals surface area contributed by atoms with Gasteiger partial charge in [0, 0.05) is 17.4 Å². The van der Waals surface area contributed by atoms with Gasteiger partial charge in [0.2, 0.25) is 0 Å². The van der Waals surface area contributed by atoms with Crippen LogP contribution in [0.4, 0.5) is 0 Å². The Balaban J connectivity index is -0.000000123. The van der Waals surface area contributed by atoms with Crippen LogP contribution in [0, 0.1) is 20.0 Å². The zero-order chi connectivity index (χ0) is 13.9. The average Bonchev–Trinajstić information content (AvgIpc) is 2.47.